The van der Waals surface area contributed by atoms with Crippen molar-refractivity contribution in [3.63, 3.8) is 0 Å². The molecule has 0 radical (unpaired) electrons. The molecule has 0 aromatic heterocycles. The number of rotatable bonds is 2. The molecule has 114 valence electrons. The molecule has 0 saturated carbocycles. The van der Waals surface area contributed by atoms with Gasteiger partial charge in [0.1, 0.15) is 5.75 Å². The van der Waals surface area contributed by atoms with Crippen molar-refractivity contribution in [2.45, 2.75) is 12.8 Å². The number of benzene rings is 1. The molecule has 0 atom stereocenters. The van der Waals surface area contributed by atoms with Crippen LogP contribution in [0.1, 0.15) is 12.8 Å². The van der Waals surface area contributed by atoms with Crippen LogP contribution >= 0.6 is 0 Å². The Balaban J connectivity index is 1.54. The molecule has 2 N–H and O–H groups in total. The van der Waals surface area contributed by atoms with E-state index in [1.54, 1.807) is 12.1 Å². The quantitative estimate of drug-likeness (QED) is 0.854. The number of nitrogens with zero attached hydrogens (tertiary/aromatic N) is 2. The molecular weight excluding hydrogens is 266 g/mol. The van der Waals surface area contributed by atoms with E-state index in [-0.39, 0.29) is 5.92 Å². The number of carbonyl (C=O) groups is 1. The molecule has 0 bridgehead atoms. The van der Waals surface area contributed by atoms with Gasteiger partial charge in [0.25, 0.3) is 0 Å². The Labute approximate surface area is 125 Å². The molecular formula is C16H23N3O2. The third-order valence-corrected chi connectivity index (χ3v) is 4.49. The van der Waals surface area contributed by atoms with Gasteiger partial charge < -0.3 is 20.2 Å². The summed E-state index contributed by atoms with van der Waals surface area (Å²) in [7, 11) is 0. The molecule has 1 amide bonds. The fraction of sp³-hybridized carbons (Fsp3) is 0.562. The van der Waals surface area contributed by atoms with Gasteiger partial charge in [-0.2, -0.15) is 0 Å². The largest absolute Gasteiger partial charge is 0.508 e. The van der Waals surface area contributed by atoms with Gasteiger partial charge in [0.2, 0.25) is 5.91 Å². The van der Waals surface area contributed by atoms with Crippen molar-refractivity contribution in [1.82, 2.24) is 10.2 Å². The van der Waals surface area contributed by atoms with E-state index in [4.69, 9.17) is 0 Å². The molecule has 0 unspecified atom stereocenters. The monoisotopic (exact) mass is 289 g/mol. The smallest absolute Gasteiger partial charge is 0.225 e. The van der Waals surface area contributed by atoms with Gasteiger partial charge in [-0.05, 0) is 50.2 Å². The van der Waals surface area contributed by atoms with Crippen LogP contribution in [0.4, 0.5) is 5.69 Å². The molecule has 0 aliphatic carbocycles. The van der Waals surface area contributed by atoms with Crippen LogP contribution in [0, 0.1) is 5.92 Å². The molecule has 2 aliphatic rings. The summed E-state index contributed by atoms with van der Waals surface area (Å²) in [5.41, 5.74) is 1.11. The van der Waals surface area contributed by atoms with Gasteiger partial charge in [-0.15, -0.1) is 0 Å². The second kappa shape index (κ2) is 6.35. The van der Waals surface area contributed by atoms with Crippen molar-refractivity contribution < 1.29 is 9.90 Å². The van der Waals surface area contributed by atoms with Crippen LogP contribution < -0.4 is 10.2 Å². The van der Waals surface area contributed by atoms with E-state index in [0.29, 0.717) is 11.7 Å². The Morgan fingerprint density at radius 2 is 1.67 bits per heavy atom. The van der Waals surface area contributed by atoms with Crippen molar-refractivity contribution in [1.29, 1.82) is 0 Å². The standard InChI is InChI=1S/C16H23N3O2/c20-15-3-1-14(2-4-15)18-9-11-19(12-10-18)16(21)13-5-7-17-8-6-13/h1-4,13,17,20H,5-12H2. The average Bonchev–Trinajstić information content (AvgIpc) is 2.56. The summed E-state index contributed by atoms with van der Waals surface area (Å²) < 4.78 is 0. The number of phenolic OH excluding ortho intramolecular Hbond substituents is 1. The van der Waals surface area contributed by atoms with Gasteiger partial charge in [0, 0.05) is 37.8 Å². The van der Waals surface area contributed by atoms with Gasteiger partial charge in [-0.1, -0.05) is 0 Å². The third kappa shape index (κ3) is 3.29. The lowest BCUT2D eigenvalue weighted by Gasteiger charge is -2.38. The summed E-state index contributed by atoms with van der Waals surface area (Å²) in [5, 5.41) is 12.6. The number of aromatic hydroxyl groups is 1. The van der Waals surface area contributed by atoms with E-state index in [2.05, 4.69) is 10.2 Å². The summed E-state index contributed by atoms with van der Waals surface area (Å²) in [5.74, 6) is 0.840. The first kappa shape index (κ1) is 14.2. The second-order valence-electron chi connectivity index (χ2n) is 5.85. The molecule has 2 aliphatic heterocycles. The maximum absolute atomic E-state index is 12.5. The number of phenols is 1. The molecule has 5 heteroatoms. The summed E-state index contributed by atoms with van der Waals surface area (Å²) in [6, 6.07) is 7.28. The number of piperidine rings is 1. The van der Waals surface area contributed by atoms with Crippen LogP contribution in [0.2, 0.25) is 0 Å². The van der Waals surface area contributed by atoms with Crippen LogP contribution in [0.25, 0.3) is 0 Å². The first-order valence-electron chi connectivity index (χ1n) is 7.77. The highest BCUT2D eigenvalue weighted by atomic mass is 16.3. The Kier molecular flexibility index (Phi) is 4.29. The molecule has 3 rings (SSSR count). The van der Waals surface area contributed by atoms with Gasteiger partial charge in [-0.3, -0.25) is 4.79 Å². The van der Waals surface area contributed by atoms with Crippen molar-refractivity contribution in [3.05, 3.63) is 24.3 Å². The molecule has 1 aromatic rings. The van der Waals surface area contributed by atoms with Gasteiger partial charge in [-0.25, -0.2) is 0 Å². The minimum Gasteiger partial charge on any atom is -0.508 e. The van der Waals surface area contributed by atoms with Gasteiger partial charge in [0.05, 0.1) is 0 Å². The lowest BCUT2D eigenvalue weighted by molar-refractivity contribution is -0.136. The summed E-state index contributed by atoms with van der Waals surface area (Å²) in [4.78, 5) is 16.8. The predicted molar refractivity (Wildman–Crippen MR) is 82.5 cm³/mol. The normalized spacial score (nSPS) is 20.6. The Morgan fingerprint density at radius 3 is 2.29 bits per heavy atom. The Hall–Kier alpha value is -1.75. The first-order valence-corrected chi connectivity index (χ1v) is 7.77. The van der Waals surface area contributed by atoms with Gasteiger partial charge in [0.15, 0.2) is 0 Å². The summed E-state index contributed by atoms with van der Waals surface area (Å²) in [6.45, 7) is 5.24. The van der Waals surface area contributed by atoms with E-state index in [1.165, 1.54) is 0 Å². The SMILES string of the molecule is O=C(C1CCNCC1)N1CCN(c2ccc(O)cc2)CC1. The maximum atomic E-state index is 12.5. The fourth-order valence-corrected chi connectivity index (χ4v) is 3.18. The highest BCUT2D eigenvalue weighted by molar-refractivity contribution is 5.79. The van der Waals surface area contributed by atoms with Crippen molar-refractivity contribution in [2.24, 2.45) is 5.92 Å². The highest BCUT2D eigenvalue weighted by Crippen LogP contribution is 2.21. The predicted octanol–water partition coefficient (Wildman–Crippen LogP) is 1.04. The fourth-order valence-electron chi connectivity index (χ4n) is 3.18. The second-order valence-corrected chi connectivity index (χ2v) is 5.85. The third-order valence-electron chi connectivity index (χ3n) is 4.49. The number of amides is 1. The number of hydrogen-bond donors (Lipinski definition) is 2. The van der Waals surface area contributed by atoms with E-state index in [0.717, 1.165) is 57.8 Å². The van der Waals surface area contributed by atoms with E-state index >= 15 is 0 Å². The summed E-state index contributed by atoms with van der Waals surface area (Å²) >= 11 is 0. The summed E-state index contributed by atoms with van der Waals surface area (Å²) in [6.07, 6.45) is 1.94. The zero-order valence-electron chi connectivity index (χ0n) is 12.3. The Morgan fingerprint density at radius 1 is 1.05 bits per heavy atom. The lowest BCUT2D eigenvalue weighted by atomic mass is 9.96. The van der Waals surface area contributed by atoms with Crippen LogP contribution in [0.5, 0.6) is 5.75 Å². The number of anilines is 1. The van der Waals surface area contributed by atoms with Crippen molar-refractivity contribution in [3.8, 4) is 5.75 Å². The number of hydrogen-bond acceptors (Lipinski definition) is 4. The molecule has 2 fully saturated rings. The Bertz CT molecular complexity index is 475. The van der Waals surface area contributed by atoms with E-state index in [9.17, 15) is 9.90 Å². The highest BCUT2D eigenvalue weighted by Gasteiger charge is 2.28. The molecule has 5 nitrogen and oxygen atoms in total. The minimum absolute atomic E-state index is 0.214. The van der Waals surface area contributed by atoms with Crippen LogP contribution in [-0.2, 0) is 4.79 Å². The zero-order valence-corrected chi connectivity index (χ0v) is 12.3. The zero-order chi connectivity index (χ0) is 14.7. The van der Waals surface area contributed by atoms with Crippen LogP contribution in [0.3, 0.4) is 0 Å². The van der Waals surface area contributed by atoms with Crippen molar-refractivity contribution in [2.75, 3.05) is 44.2 Å². The first-order chi connectivity index (χ1) is 10.2. The van der Waals surface area contributed by atoms with E-state index < -0.39 is 0 Å². The number of piperazine rings is 1. The van der Waals surface area contributed by atoms with Crippen molar-refractivity contribution >= 4 is 11.6 Å². The minimum atomic E-state index is 0.214. The molecule has 21 heavy (non-hydrogen) atoms. The van der Waals surface area contributed by atoms with Crippen LogP contribution in [0.15, 0.2) is 24.3 Å². The number of carbonyl (C=O) groups excluding carboxylic acids is 1. The average molecular weight is 289 g/mol. The van der Waals surface area contributed by atoms with E-state index in [1.807, 2.05) is 17.0 Å². The topological polar surface area (TPSA) is 55.8 Å². The van der Waals surface area contributed by atoms with Crippen LogP contribution in [-0.4, -0.2) is 55.2 Å². The molecule has 2 heterocycles. The maximum Gasteiger partial charge on any atom is 0.225 e. The van der Waals surface area contributed by atoms with Gasteiger partial charge >= 0.3 is 0 Å². The molecule has 1 aromatic carbocycles. The molecule has 0 spiro atoms. The lowest BCUT2D eigenvalue weighted by Crippen LogP contribution is -2.51. The molecule has 2 saturated heterocycles. The number of nitrogens with one attached hydrogen (secondary N) is 1.